The number of aliphatic carboxylic acids is 2. The maximum absolute atomic E-state index is 9.77. The van der Waals surface area contributed by atoms with Gasteiger partial charge in [0.2, 0.25) is 0 Å². The molecular formula is C28H34N2O7S. The smallest absolute Gasteiger partial charge is 0.335 e. The molecule has 3 rings (SSSR count). The normalized spacial score (nSPS) is 12.9. The average molecular weight is 543 g/mol. The summed E-state index contributed by atoms with van der Waals surface area (Å²) in [6.45, 7) is 7.85. The van der Waals surface area contributed by atoms with E-state index < -0.39 is 24.1 Å². The lowest BCUT2D eigenvalue weighted by Gasteiger charge is -2.17. The molecule has 0 aromatic heterocycles. The highest BCUT2D eigenvalue weighted by Gasteiger charge is 2.29. The Morgan fingerprint density at radius 1 is 0.895 bits per heavy atom. The summed E-state index contributed by atoms with van der Waals surface area (Å²) in [6, 6.07) is 23.3. The van der Waals surface area contributed by atoms with Crippen LogP contribution in [0.15, 0.2) is 76.8 Å². The van der Waals surface area contributed by atoms with Crippen LogP contribution in [0, 0.1) is 0 Å². The molecule has 0 aliphatic carbocycles. The largest absolute Gasteiger partial charge is 0.479 e. The number of oxime groups is 1. The fourth-order valence-corrected chi connectivity index (χ4v) is 3.94. The van der Waals surface area contributed by atoms with Crippen LogP contribution >= 0.6 is 11.8 Å². The van der Waals surface area contributed by atoms with Crippen molar-refractivity contribution in [2.24, 2.45) is 5.16 Å². The van der Waals surface area contributed by atoms with Crippen molar-refractivity contribution in [1.82, 2.24) is 4.90 Å². The molecule has 0 aliphatic rings. The maximum Gasteiger partial charge on any atom is 0.335 e. The summed E-state index contributed by atoms with van der Waals surface area (Å²) in [4.78, 5) is 28.9. The van der Waals surface area contributed by atoms with Gasteiger partial charge in [0, 0.05) is 22.6 Å². The van der Waals surface area contributed by atoms with Gasteiger partial charge in [-0.2, -0.15) is 0 Å². The molecule has 4 N–H and O–H groups in total. The molecule has 2 unspecified atom stereocenters. The number of hydrogen-bond acceptors (Lipinski definition) is 8. The Balaban J connectivity index is 0.000000432. The first-order chi connectivity index (χ1) is 18.2. The van der Waals surface area contributed by atoms with E-state index in [1.165, 1.54) is 15.7 Å². The summed E-state index contributed by atoms with van der Waals surface area (Å²) in [5.41, 5.74) is 3.04. The second-order valence-electron chi connectivity index (χ2n) is 8.12. The van der Waals surface area contributed by atoms with Gasteiger partial charge in [-0.05, 0) is 42.3 Å². The minimum atomic E-state index is -2.27. The number of thioether (sulfide) groups is 1. The maximum atomic E-state index is 9.77. The third-order valence-electron chi connectivity index (χ3n) is 5.76. The van der Waals surface area contributed by atoms with E-state index in [0.717, 1.165) is 36.5 Å². The van der Waals surface area contributed by atoms with E-state index in [2.05, 4.69) is 96.9 Å². The SMILES string of the molecule is CCN(CC)CCO/N=C(\c1ccc(SC)cc1)c1cccc2ccccc12.O=C(O)C(O)C(O)C(=O)O. The van der Waals surface area contributed by atoms with Crippen LogP contribution in [0.4, 0.5) is 0 Å². The van der Waals surface area contributed by atoms with Gasteiger partial charge < -0.3 is 30.2 Å². The Labute approximate surface area is 226 Å². The second-order valence-corrected chi connectivity index (χ2v) is 9.00. The minimum absolute atomic E-state index is 0.582. The van der Waals surface area contributed by atoms with E-state index in [1.807, 2.05) is 0 Å². The van der Waals surface area contributed by atoms with Crippen LogP contribution in [0.3, 0.4) is 0 Å². The number of fused-ring (bicyclic) bond motifs is 1. The van der Waals surface area contributed by atoms with Gasteiger partial charge in [0.15, 0.2) is 12.2 Å². The molecule has 0 saturated heterocycles. The first kappa shape index (κ1) is 30.8. The Hall–Kier alpha value is -3.44. The lowest BCUT2D eigenvalue weighted by atomic mass is 9.97. The van der Waals surface area contributed by atoms with Crippen molar-refractivity contribution in [3.8, 4) is 0 Å². The predicted octanol–water partition coefficient (Wildman–Crippen LogP) is 3.55. The topological polar surface area (TPSA) is 140 Å². The molecule has 204 valence electrons. The highest BCUT2D eigenvalue weighted by Crippen LogP contribution is 2.24. The Morgan fingerprint density at radius 3 is 2.03 bits per heavy atom. The van der Waals surface area contributed by atoms with Gasteiger partial charge in [-0.15, -0.1) is 11.8 Å². The number of nitrogens with zero attached hydrogens (tertiary/aromatic N) is 2. The first-order valence-electron chi connectivity index (χ1n) is 12.1. The second kappa shape index (κ2) is 15.7. The molecule has 9 nitrogen and oxygen atoms in total. The number of carbonyl (C=O) groups is 2. The lowest BCUT2D eigenvalue weighted by molar-refractivity contribution is -0.165. The van der Waals surface area contributed by atoms with Gasteiger partial charge in [0.05, 0.1) is 0 Å². The first-order valence-corrected chi connectivity index (χ1v) is 13.3. The van der Waals surface area contributed by atoms with Gasteiger partial charge in [0.25, 0.3) is 0 Å². The summed E-state index contributed by atoms with van der Waals surface area (Å²) in [5, 5.41) is 39.5. The van der Waals surface area contributed by atoms with Crippen LogP contribution in [0.25, 0.3) is 10.8 Å². The van der Waals surface area contributed by atoms with Crippen LogP contribution in [-0.2, 0) is 14.4 Å². The van der Waals surface area contributed by atoms with E-state index >= 15 is 0 Å². The van der Waals surface area contributed by atoms with Crippen molar-refractivity contribution in [1.29, 1.82) is 0 Å². The number of aliphatic hydroxyl groups excluding tert-OH is 2. The van der Waals surface area contributed by atoms with E-state index in [0.29, 0.717) is 6.61 Å². The zero-order chi connectivity index (χ0) is 28.1. The number of rotatable bonds is 12. The molecule has 0 bridgehead atoms. The molecule has 0 fully saturated rings. The van der Waals surface area contributed by atoms with E-state index in [1.54, 1.807) is 11.8 Å². The zero-order valence-electron chi connectivity index (χ0n) is 21.7. The fourth-order valence-electron chi connectivity index (χ4n) is 3.53. The van der Waals surface area contributed by atoms with Crippen LogP contribution in [-0.4, -0.2) is 87.7 Å². The molecule has 2 atom stereocenters. The molecule has 0 amide bonds. The van der Waals surface area contributed by atoms with Crippen molar-refractivity contribution in [3.05, 3.63) is 77.9 Å². The Bertz CT molecular complexity index is 1190. The van der Waals surface area contributed by atoms with Gasteiger partial charge in [0.1, 0.15) is 12.3 Å². The molecule has 0 spiro atoms. The number of likely N-dealkylation sites (N-methyl/N-ethyl adjacent to an activating group) is 1. The molecule has 38 heavy (non-hydrogen) atoms. The number of carboxylic acid groups (broad SMARTS) is 2. The third kappa shape index (κ3) is 8.84. The molecule has 3 aromatic carbocycles. The highest BCUT2D eigenvalue weighted by molar-refractivity contribution is 7.98. The van der Waals surface area contributed by atoms with Crippen LogP contribution < -0.4 is 0 Å². The zero-order valence-corrected chi connectivity index (χ0v) is 22.5. The van der Waals surface area contributed by atoms with Crippen molar-refractivity contribution in [2.75, 3.05) is 32.5 Å². The average Bonchev–Trinajstić information content (AvgIpc) is 2.94. The highest BCUT2D eigenvalue weighted by atomic mass is 32.2. The summed E-state index contributed by atoms with van der Waals surface area (Å²) in [6.07, 6.45) is -2.44. The minimum Gasteiger partial charge on any atom is -0.479 e. The van der Waals surface area contributed by atoms with Crippen molar-refractivity contribution in [3.63, 3.8) is 0 Å². The molecule has 3 aromatic rings. The molecule has 0 radical (unpaired) electrons. The fraction of sp³-hybridized carbons (Fsp3) is 0.321. The number of hydrogen-bond donors (Lipinski definition) is 4. The Kier molecular flexibility index (Phi) is 12.7. The molecule has 10 heteroatoms. The van der Waals surface area contributed by atoms with Gasteiger partial charge in [-0.25, -0.2) is 9.59 Å². The number of carboxylic acids is 2. The molecule has 0 saturated carbocycles. The van der Waals surface area contributed by atoms with E-state index in [4.69, 9.17) is 25.3 Å². The molecule has 0 aliphatic heterocycles. The van der Waals surface area contributed by atoms with Gasteiger partial charge >= 0.3 is 11.9 Å². The molecular weight excluding hydrogens is 508 g/mol. The predicted molar refractivity (Wildman–Crippen MR) is 149 cm³/mol. The quantitative estimate of drug-likeness (QED) is 0.117. The van der Waals surface area contributed by atoms with Crippen LogP contribution in [0.5, 0.6) is 0 Å². The lowest BCUT2D eigenvalue weighted by Crippen LogP contribution is -2.39. The van der Waals surface area contributed by atoms with Gasteiger partial charge in [-0.1, -0.05) is 73.6 Å². The van der Waals surface area contributed by atoms with Gasteiger partial charge in [-0.3, -0.25) is 0 Å². The summed E-state index contributed by atoms with van der Waals surface area (Å²) < 4.78 is 0. The van der Waals surface area contributed by atoms with Crippen LogP contribution in [0.1, 0.15) is 25.0 Å². The summed E-state index contributed by atoms with van der Waals surface area (Å²) in [7, 11) is 0. The Morgan fingerprint density at radius 2 is 1.47 bits per heavy atom. The monoisotopic (exact) mass is 542 g/mol. The van der Waals surface area contributed by atoms with E-state index in [9.17, 15) is 9.59 Å². The molecule has 0 heterocycles. The summed E-state index contributed by atoms with van der Waals surface area (Å²) in [5.74, 6) is -3.54. The number of aliphatic hydroxyl groups is 2. The number of benzene rings is 3. The van der Waals surface area contributed by atoms with Crippen LogP contribution in [0.2, 0.25) is 0 Å². The van der Waals surface area contributed by atoms with Crippen molar-refractivity contribution >= 4 is 40.2 Å². The van der Waals surface area contributed by atoms with Crippen molar-refractivity contribution in [2.45, 2.75) is 31.0 Å². The summed E-state index contributed by atoms with van der Waals surface area (Å²) >= 11 is 1.74. The van der Waals surface area contributed by atoms with Crippen molar-refractivity contribution < 1.29 is 34.9 Å². The van der Waals surface area contributed by atoms with E-state index in [-0.39, 0.29) is 0 Å². The standard InChI is InChI=1S/C24H28N2OS.C4H6O6/c1-4-26(5-2)17-18-27-25-24(20-13-15-21(28-3)16-14-20)23-12-8-10-19-9-6-7-11-22(19)23;5-1(3(7)8)2(6)4(9)10/h6-16H,4-5,17-18H2,1-3H3;1-2,5-6H,(H,7,8)(H,9,10)/b25-24+;. The third-order valence-corrected chi connectivity index (χ3v) is 6.51.